The summed E-state index contributed by atoms with van der Waals surface area (Å²) >= 11 is 0. The lowest BCUT2D eigenvalue weighted by atomic mass is 9.91. The number of hydrogen-bond donors (Lipinski definition) is 1. The van der Waals surface area contributed by atoms with Crippen LogP contribution in [-0.2, 0) is 21.4 Å². The maximum Gasteiger partial charge on any atom is 0.235 e. The number of piperidine rings is 2. The van der Waals surface area contributed by atoms with Crippen molar-refractivity contribution >= 4 is 34.2 Å². The monoisotopic (exact) mass is 382 g/mol. The van der Waals surface area contributed by atoms with E-state index >= 15 is 0 Å². The van der Waals surface area contributed by atoms with E-state index in [1.165, 1.54) is 0 Å². The number of ketones is 1. The van der Waals surface area contributed by atoms with Crippen molar-refractivity contribution in [1.82, 2.24) is 15.1 Å². The molecular weight excluding hydrogens is 356 g/mol. The van der Waals surface area contributed by atoms with Crippen molar-refractivity contribution in [1.29, 1.82) is 0 Å². The molecule has 3 heterocycles. The van der Waals surface area contributed by atoms with Crippen molar-refractivity contribution in [2.45, 2.75) is 44.9 Å². The fraction of sp³-hybridized carbons (Fsp3) is 0.524. The van der Waals surface area contributed by atoms with Gasteiger partial charge in [-0.2, -0.15) is 5.10 Å². The van der Waals surface area contributed by atoms with Crippen LogP contribution in [0.5, 0.6) is 0 Å². The van der Waals surface area contributed by atoms with Crippen molar-refractivity contribution in [3.8, 4) is 0 Å². The first-order valence-corrected chi connectivity index (χ1v) is 9.97. The third-order valence-corrected chi connectivity index (χ3v) is 5.99. The van der Waals surface area contributed by atoms with Crippen molar-refractivity contribution in [2.75, 3.05) is 18.0 Å². The second kappa shape index (κ2) is 7.37. The van der Waals surface area contributed by atoms with Crippen LogP contribution < -0.4 is 10.2 Å². The number of carbonyl (C=O) groups is 3. The first-order valence-electron chi connectivity index (χ1n) is 9.97. The van der Waals surface area contributed by atoms with Crippen LogP contribution in [-0.4, -0.2) is 40.5 Å². The number of anilines is 1. The maximum absolute atomic E-state index is 12.3. The van der Waals surface area contributed by atoms with Gasteiger partial charge in [0.05, 0.1) is 17.1 Å². The number of hydrogen-bond acceptors (Lipinski definition) is 5. The Kier molecular flexibility index (Phi) is 4.91. The standard InChI is InChI=1S/C21H26N4O3/c1-13(26)11-14-7-9-25(10-8-14)15-3-4-16-18(12-15)24(2)23-20(16)17-5-6-19(27)22-21(17)28/h3-4,12,14,17H,5-11H2,1-2H3,(H,22,27,28)/t17-/m1/s1. The highest BCUT2D eigenvalue weighted by molar-refractivity contribution is 6.02. The molecule has 1 atom stereocenters. The third-order valence-electron chi connectivity index (χ3n) is 5.99. The van der Waals surface area contributed by atoms with Gasteiger partial charge in [0.25, 0.3) is 0 Å². The summed E-state index contributed by atoms with van der Waals surface area (Å²) in [6.07, 6.45) is 3.60. The molecule has 2 aromatic rings. The summed E-state index contributed by atoms with van der Waals surface area (Å²) in [7, 11) is 1.89. The summed E-state index contributed by atoms with van der Waals surface area (Å²) in [5.74, 6) is -0.0801. The maximum atomic E-state index is 12.3. The molecule has 4 rings (SSSR count). The molecule has 2 saturated heterocycles. The molecule has 2 fully saturated rings. The minimum atomic E-state index is -0.380. The number of aryl methyl sites for hydroxylation is 1. The number of aromatic nitrogens is 2. The predicted octanol–water partition coefficient (Wildman–Crippen LogP) is 2.29. The van der Waals surface area contributed by atoms with Gasteiger partial charge in [-0.1, -0.05) is 0 Å². The topological polar surface area (TPSA) is 84.3 Å². The summed E-state index contributed by atoms with van der Waals surface area (Å²) in [6.45, 7) is 3.56. The van der Waals surface area contributed by atoms with Crippen LogP contribution in [0.3, 0.4) is 0 Å². The molecule has 0 spiro atoms. The van der Waals surface area contributed by atoms with Gasteiger partial charge in [-0.3, -0.25) is 19.6 Å². The van der Waals surface area contributed by atoms with E-state index in [1.54, 1.807) is 6.92 Å². The highest BCUT2D eigenvalue weighted by Crippen LogP contribution is 2.33. The molecule has 2 amide bonds. The molecule has 0 aliphatic carbocycles. The molecular formula is C21H26N4O3. The number of nitrogens with one attached hydrogen (secondary N) is 1. The molecule has 0 unspecified atom stereocenters. The van der Waals surface area contributed by atoms with Crippen molar-refractivity contribution < 1.29 is 14.4 Å². The van der Waals surface area contributed by atoms with Crippen LogP contribution in [0.1, 0.15) is 50.6 Å². The van der Waals surface area contributed by atoms with Crippen LogP contribution in [0, 0.1) is 5.92 Å². The van der Waals surface area contributed by atoms with Gasteiger partial charge in [-0.15, -0.1) is 0 Å². The minimum absolute atomic E-state index is 0.211. The molecule has 2 aliphatic heterocycles. The Bertz CT molecular complexity index is 941. The predicted molar refractivity (Wildman–Crippen MR) is 106 cm³/mol. The van der Waals surface area contributed by atoms with Crippen molar-refractivity contribution in [3.63, 3.8) is 0 Å². The van der Waals surface area contributed by atoms with Crippen molar-refractivity contribution in [2.24, 2.45) is 13.0 Å². The zero-order valence-electron chi connectivity index (χ0n) is 16.4. The fourth-order valence-electron chi connectivity index (χ4n) is 4.48. The SMILES string of the molecule is CC(=O)CC1CCN(c2ccc3c([C@H]4CCC(=O)NC4=O)nn(C)c3c2)CC1. The number of imide groups is 1. The minimum Gasteiger partial charge on any atom is -0.371 e. The number of benzene rings is 1. The highest BCUT2D eigenvalue weighted by Gasteiger charge is 2.31. The second-order valence-electron chi connectivity index (χ2n) is 8.05. The lowest BCUT2D eigenvalue weighted by Gasteiger charge is -2.33. The Hall–Kier alpha value is -2.70. The van der Waals surface area contributed by atoms with Crippen LogP contribution >= 0.6 is 0 Å². The van der Waals surface area contributed by atoms with E-state index in [1.807, 2.05) is 17.8 Å². The van der Waals surface area contributed by atoms with E-state index in [4.69, 9.17) is 0 Å². The van der Waals surface area contributed by atoms with Gasteiger partial charge in [0.1, 0.15) is 5.78 Å². The van der Waals surface area contributed by atoms with E-state index < -0.39 is 0 Å². The van der Waals surface area contributed by atoms with Gasteiger partial charge in [-0.25, -0.2) is 0 Å². The molecule has 0 saturated carbocycles. The van der Waals surface area contributed by atoms with Gasteiger partial charge >= 0.3 is 0 Å². The fourth-order valence-corrected chi connectivity index (χ4v) is 4.48. The third kappa shape index (κ3) is 3.53. The van der Waals surface area contributed by atoms with E-state index in [0.717, 1.165) is 48.2 Å². The number of fused-ring (bicyclic) bond motifs is 1. The normalized spacial score (nSPS) is 21.2. The van der Waals surface area contributed by atoms with E-state index in [2.05, 4.69) is 27.4 Å². The number of nitrogens with zero attached hydrogens (tertiary/aromatic N) is 3. The van der Waals surface area contributed by atoms with E-state index in [-0.39, 0.29) is 23.5 Å². The summed E-state index contributed by atoms with van der Waals surface area (Å²) in [5, 5.41) is 8.00. The zero-order chi connectivity index (χ0) is 19.8. The molecule has 1 N–H and O–H groups in total. The summed E-state index contributed by atoms with van der Waals surface area (Å²) in [5.41, 5.74) is 2.88. The summed E-state index contributed by atoms with van der Waals surface area (Å²) in [4.78, 5) is 37.4. The van der Waals surface area contributed by atoms with Gasteiger partial charge in [-0.05, 0) is 50.3 Å². The molecule has 0 bridgehead atoms. The Morgan fingerprint density at radius 3 is 2.64 bits per heavy atom. The largest absolute Gasteiger partial charge is 0.371 e. The number of rotatable bonds is 4. The average molecular weight is 382 g/mol. The van der Waals surface area contributed by atoms with Crippen LogP contribution in [0.4, 0.5) is 5.69 Å². The molecule has 1 aromatic heterocycles. The van der Waals surface area contributed by atoms with E-state index in [9.17, 15) is 14.4 Å². The molecule has 148 valence electrons. The molecule has 1 aromatic carbocycles. The molecule has 0 radical (unpaired) electrons. The Morgan fingerprint density at radius 2 is 1.96 bits per heavy atom. The van der Waals surface area contributed by atoms with Gasteiger partial charge in [0, 0.05) is 44.1 Å². The average Bonchev–Trinajstić information content (AvgIpc) is 2.98. The number of Topliss-reactive ketones (excluding diaryl/α,β-unsaturated/α-hetero) is 1. The first kappa shape index (κ1) is 18.7. The van der Waals surface area contributed by atoms with Crippen LogP contribution in [0.2, 0.25) is 0 Å². The number of carbonyl (C=O) groups excluding carboxylic acids is 3. The van der Waals surface area contributed by atoms with Crippen molar-refractivity contribution in [3.05, 3.63) is 23.9 Å². The Balaban J connectivity index is 1.56. The molecule has 2 aliphatic rings. The van der Waals surface area contributed by atoms with Crippen LogP contribution in [0.25, 0.3) is 10.9 Å². The molecule has 28 heavy (non-hydrogen) atoms. The zero-order valence-corrected chi connectivity index (χ0v) is 16.4. The highest BCUT2D eigenvalue weighted by atomic mass is 16.2. The second-order valence-corrected chi connectivity index (χ2v) is 8.05. The lowest BCUT2D eigenvalue weighted by molar-refractivity contribution is -0.134. The first-order chi connectivity index (χ1) is 13.4. The Morgan fingerprint density at radius 1 is 1.21 bits per heavy atom. The lowest BCUT2D eigenvalue weighted by Crippen LogP contribution is -2.39. The summed E-state index contributed by atoms with van der Waals surface area (Å²) in [6, 6.07) is 6.26. The molecule has 7 heteroatoms. The molecule has 7 nitrogen and oxygen atoms in total. The van der Waals surface area contributed by atoms with Crippen LogP contribution in [0.15, 0.2) is 18.2 Å². The van der Waals surface area contributed by atoms with E-state index in [0.29, 0.717) is 25.2 Å². The van der Waals surface area contributed by atoms with Gasteiger partial charge in [0.15, 0.2) is 0 Å². The van der Waals surface area contributed by atoms with Gasteiger partial charge < -0.3 is 9.69 Å². The number of amides is 2. The quantitative estimate of drug-likeness (QED) is 0.820. The van der Waals surface area contributed by atoms with Gasteiger partial charge in [0.2, 0.25) is 11.8 Å². The Labute approximate surface area is 164 Å². The summed E-state index contributed by atoms with van der Waals surface area (Å²) < 4.78 is 1.82. The smallest absolute Gasteiger partial charge is 0.235 e.